The third-order valence-electron chi connectivity index (χ3n) is 5.14. The second-order valence-corrected chi connectivity index (χ2v) is 8.58. The molecule has 3 heteroatoms. The van der Waals surface area contributed by atoms with Crippen molar-refractivity contribution in [2.45, 2.75) is 64.7 Å². The van der Waals surface area contributed by atoms with Crippen LogP contribution in [-0.2, 0) is 0 Å². The van der Waals surface area contributed by atoms with E-state index < -0.39 is 0 Å². The van der Waals surface area contributed by atoms with Crippen LogP contribution in [0.15, 0.2) is 0 Å². The summed E-state index contributed by atoms with van der Waals surface area (Å²) < 4.78 is 0. The molecule has 0 amide bonds. The van der Waals surface area contributed by atoms with E-state index in [1.165, 1.54) is 38.0 Å². The van der Waals surface area contributed by atoms with Gasteiger partial charge in [0.05, 0.1) is 0 Å². The number of nitrogens with zero attached hydrogens (tertiary/aromatic N) is 1. The van der Waals surface area contributed by atoms with Crippen molar-refractivity contribution in [3.63, 3.8) is 0 Å². The van der Waals surface area contributed by atoms with Gasteiger partial charge in [-0.2, -0.15) is 11.8 Å². The molecular weight excluding hydrogens is 264 g/mol. The fourth-order valence-electron chi connectivity index (χ4n) is 3.19. The van der Waals surface area contributed by atoms with E-state index in [9.17, 15) is 0 Å². The van der Waals surface area contributed by atoms with Crippen LogP contribution in [0.2, 0.25) is 0 Å². The number of rotatable bonds is 8. The normalized spacial score (nSPS) is 28.1. The van der Waals surface area contributed by atoms with Crippen LogP contribution in [0.25, 0.3) is 0 Å². The van der Waals surface area contributed by atoms with Gasteiger partial charge in [-0.3, -0.25) is 0 Å². The van der Waals surface area contributed by atoms with Gasteiger partial charge in [0.1, 0.15) is 0 Å². The molecule has 1 N–H and O–H groups in total. The summed E-state index contributed by atoms with van der Waals surface area (Å²) in [6.07, 6.45) is 5.47. The first-order valence-corrected chi connectivity index (χ1v) is 9.45. The summed E-state index contributed by atoms with van der Waals surface area (Å²) in [7, 11) is 4.35. The fourth-order valence-corrected chi connectivity index (χ4v) is 4.80. The van der Waals surface area contributed by atoms with E-state index in [0.29, 0.717) is 5.41 Å². The highest BCUT2D eigenvalue weighted by molar-refractivity contribution is 8.00. The Hall–Kier alpha value is 0.270. The molecule has 0 aliphatic heterocycles. The van der Waals surface area contributed by atoms with Gasteiger partial charge >= 0.3 is 0 Å². The Balaban J connectivity index is 2.57. The summed E-state index contributed by atoms with van der Waals surface area (Å²) in [6.45, 7) is 11.8. The first-order chi connectivity index (χ1) is 9.40. The van der Waals surface area contributed by atoms with Gasteiger partial charge in [-0.1, -0.05) is 34.1 Å². The average Bonchev–Trinajstić information content (AvgIpc) is 2.40. The van der Waals surface area contributed by atoms with E-state index in [2.05, 4.69) is 63.8 Å². The predicted octanol–water partition coefficient (Wildman–Crippen LogP) is 3.86. The zero-order chi connectivity index (χ0) is 15.2. The van der Waals surface area contributed by atoms with Crippen LogP contribution < -0.4 is 5.32 Å². The molecule has 0 aromatic carbocycles. The van der Waals surface area contributed by atoms with Gasteiger partial charge in [0, 0.05) is 23.6 Å². The molecule has 1 fully saturated rings. The zero-order valence-electron chi connectivity index (χ0n) is 14.5. The molecule has 3 atom stereocenters. The number of nitrogens with one attached hydrogen (secondary N) is 1. The lowest BCUT2D eigenvalue weighted by molar-refractivity contribution is 0.141. The molecule has 0 saturated heterocycles. The summed E-state index contributed by atoms with van der Waals surface area (Å²) in [5, 5.41) is 4.53. The van der Waals surface area contributed by atoms with E-state index in [4.69, 9.17) is 0 Å². The second-order valence-electron chi connectivity index (χ2n) is 7.23. The smallest absolute Gasteiger partial charge is 0.0204 e. The number of hydrogen-bond donors (Lipinski definition) is 1. The molecule has 0 aromatic heterocycles. The highest BCUT2D eigenvalue weighted by Gasteiger charge is 2.36. The first kappa shape index (κ1) is 18.3. The van der Waals surface area contributed by atoms with E-state index in [1.807, 2.05) is 0 Å². The van der Waals surface area contributed by atoms with Crippen LogP contribution in [0.5, 0.6) is 0 Å². The van der Waals surface area contributed by atoms with Crippen LogP contribution in [0.1, 0.15) is 53.4 Å². The van der Waals surface area contributed by atoms with E-state index in [-0.39, 0.29) is 0 Å². The molecule has 1 aliphatic carbocycles. The molecule has 120 valence electrons. The minimum atomic E-state index is 0.511. The van der Waals surface area contributed by atoms with Gasteiger partial charge in [-0.05, 0) is 51.2 Å². The molecular formula is C17H36N2S. The molecule has 0 heterocycles. The molecule has 1 aliphatic rings. The van der Waals surface area contributed by atoms with E-state index in [1.54, 1.807) is 0 Å². The van der Waals surface area contributed by atoms with Crippen molar-refractivity contribution < 1.29 is 0 Å². The first-order valence-electron chi connectivity index (χ1n) is 8.40. The quantitative estimate of drug-likeness (QED) is 0.732. The lowest BCUT2D eigenvalue weighted by Gasteiger charge is -2.43. The molecule has 0 radical (unpaired) electrons. The van der Waals surface area contributed by atoms with Crippen LogP contribution in [-0.4, -0.2) is 49.1 Å². The molecule has 20 heavy (non-hydrogen) atoms. The summed E-state index contributed by atoms with van der Waals surface area (Å²) in [5.41, 5.74) is 0.511. The Bertz CT molecular complexity index is 266. The maximum Gasteiger partial charge on any atom is 0.0204 e. The number of thioether (sulfide) groups is 1. The number of hydrogen-bond acceptors (Lipinski definition) is 3. The molecule has 1 rings (SSSR count). The Kier molecular flexibility index (Phi) is 7.92. The SMILES string of the molecule is CCNC1CCC(C(C)(C)CC)CC1SCCN(C)C. The van der Waals surface area contributed by atoms with Crippen LogP contribution in [0, 0.1) is 11.3 Å². The van der Waals surface area contributed by atoms with Gasteiger partial charge < -0.3 is 10.2 Å². The lowest BCUT2D eigenvalue weighted by atomic mass is 9.68. The lowest BCUT2D eigenvalue weighted by Crippen LogP contribution is -2.45. The van der Waals surface area contributed by atoms with E-state index >= 15 is 0 Å². The highest BCUT2D eigenvalue weighted by atomic mass is 32.2. The third-order valence-corrected chi connectivity index (χ3v) is 6.51. The van der Waals surface area contributed by atoms with Crippen molar-refractivity contribution in [3.05, 3.63) is 0 Å². The largest absolute Gasteiger partial charge is 0.313 e. The van der Waals surface area contributed by atoms with E-state index in [0.717, 1.165) is 23.8 Å². The zero-order valence-corrected chi connectivity index (χ0v) is 15.4. The molecule has 2 nitrogen and oxygen atoms in total. The Morgan fingerprint density at radius 1 is 1.20 bits per heavy atom. The fraction of sp³-hybridized carbons (Fsp3) is 1.00. The van der Waals surface area contributed by atoms with Gasteiger partial charge in [0.25, 0.3) is 0 Å². The van der Waals surface area contributed by atoms with Crippen LogP contribution in [0.4, 0.5) is 0 Å². The van der Waals surface area contributed by atoms with Crippen molar-refractivity contribution in [1.82, 2.24) is 10.2 Å². The van der Waals surface area contributed by atoms with Crippen molar-refractivity contribution >= 4 is 11.8 Å². The van der Waals surface area contributed by atoms with Crippen molar-refractivity contribution in [3.8, 4) is 0 Å². The molecule has 0 aromatic rings. The average molecular weight is 301 g/mol. The highest BCUT2D eigenvalue weighted by Crippen LogP contribution is 2.43. The summed E-state index contributed by atoms with van der Waals surface area (Å²) >= 11 is 2.20. The Morgan fingerprint density at radius 2 is 1.90 bits per heavy atom. The predicted molar refractivity (Wildman–Crippen MR) is 93.7 cm³/mol. The summed E-state index contributed by atoms with van der Waals surface area (Å²) in [5.74, 6) is 2.16. The molecule has 0 bridgehead atoms. The minimum absolute atomic E-state index is 0.511. The van der Waals surface area contributed by atoms with Gasteiger partial charge in [-0.25, -0.2) is 0 Å². The second kappa shape index (κ2) is 8.65. The van der Waals surface area contributed by atoms with Crippen LogP contribution in [0.3, 0.4) is 0 Å². The summed E-state index contributed by atoms with van der Waals surface area (Å²) in [6, 6.07) is 0.732. The Labute approximate surface area is 131 Å². The van der Waals surface area contributed by atoms with Crippen molar-refractivity contribution in [2.24, 2.45) is 11.3 Å². The molecule has 0 spiro atoms. The summed E-state index contributed by atoms with van der Waals surface area (Å²) in [4.78, 5) is 2.30. The standard InChI is InChI=1S/C17H36N2S/c1-7-17(3,4)14-9-10-15(18-8-2)16(13-14)20-12-11-19(5)6/h14-16,18H,7-13H2,1-6H3. The third kappa shape index (κ3) is 5.57. The minimum Gasteiger partial charge on any atom is -0.313 e. The van der Waals surface area contributed by atoms with Crippen LogP contribution >= 0.6 is 11.8 Å². The maximum atomic E-state index is 3.73. The topological polar surface area (TPSA) is 15.3 Å². The van der Waals surface area contributed by atoms with Crippen molar-refractivity contribution in [2.75, 3.05) is 32.9 Å². The van der Waals surface area contributed by atoms with Crippen molar-refractivity contribution in [1.29, 1.82) is 0 Å². The Morgan fingerprint density at radius 3 is 2.45 bits per heavy atom. The molecule has 1 saturated carbocycles. The van der Waals surface area contributed by atoms with Gasteiger partial charge in [-0.15, -0.1) is 0 Å². The molecule has 3 unspecified atom stereocenters. The maximum absolute atomic E-state index is 3.73. The van der Waals surface area contributed by atoms with Gasteiger partial charge in [0.15, 0.2) is 0 Å². The monoisotopic (exact) mass is 300 g/mol. The van der Waals surface area contributed by atoms with Gasteiger partial charge in [0.2, 0.25) is 0 Å².